The van der Waals surface area contributed by atoms with Crippen molar-refractivity contribution in [3.05, 3.63) is 107 Å². The summed E-state index contributed by atoms with van der Waals surface area (Å²) >= 11 is 0. The van der Waals surface area contributed by atoms with Crippen molar-refractivity contribution in [2.45, 2.75) is 20.0 Å². The molecule has 2 amide bonds. The first kappa shape index (κ1) is 26.3. The Hall–Kier alpha value is -4.79. The lowest BCUT2D eigenvalue weighted by Gasteiger charge is -2.17. The molecular formula is C29H25F3N4O2. The Kier molecular flexibility index (Phi) is 7.12. The van der Waals surface area contributed by atoms with Crippen LogP contribution in [-0.2, 0) is 6.18 Å². The van der Waals surface area contributed by atoms with E-state index in [-0.39, 0.29) is 16.8 Å². The first-order chi connectivity index (χ1) is 17.9. The van der Waals surface area contributed by atoms with E-state index >= 15 is 0 Å². The molecule has 0 unspecified atom stereocenters. The molecule has 0 aliphatic carbocycles. The van der Waals surface area contributed by atoms with Crippen LogP contribution in [0.4, 0.5) is 35.9 Å². The molecule has 0 spiro atoms. The molecule has 0 heterocycles. The van der Waals surface area contributed by atoms with E-state index < -0.39 is 23.6 Å². The summed E-state index contributed by atoms with van der Waals surface area (Å²) in [7, 11) is 0. The van der Waals surface area contributed by atoms with Gasteiger partial charge in [-0.25, -0.2) is 0 Å². The van der Waals surface area contributed by atoms with Crippen molar-refractivity contribution in [3.63, 3.8) is 0 Å². The number of hydrogen-bond acceptors (Lipinski definition) is 4. The highest BCUT2D eigenvalue weighted by Crippen LogP contribution is 2.40. The van der Waals surface area contributed by atoms with Crippen molar-refractivity contribution in [1.82, 2.24) is 0 Å². The zero-order valence-corrected chi connectivity index (χ0v) is 20.6. The van der Waals surface area contributed by atoms with E-state index in [1.54, 1.807) is 50.2 Å². The lowest BCUT2D eigenvalue weighted by Crippen LogP contribution is -2.14. The second-order valence-electron chi connectivity index (χ2n) is 8.89. The van der Waals surface area contributed by atoms with Gasteiger partial charge in [0.1, 0.15) is 0 Å². The van der Waals surface area contributed by atoms with Crippen molar-refractivity contribution < 1.29 is 22.8 Å². The van der Waals surface area contributed by atoms with Gasteiger partial charge in [0.05, 0.1) is 5.56 Å². The number of aryl methyl sites for hydroxylation is 2. The number of nitrogens with one attached hydrogen (secondary N) is 2. The van der Waals surface area contributed by atoms with Crippen LogP contribution in [0.15, 0.2) is 78.9 Å². The Bertz CT molecular complexity index is 1550. The Labute approximate surface area is 217 Å². The van der Waals surface area contributed by atoms with Gasteiger partial charge in [-0.1, -0.05) is 18.2 Å². The largest absolute Gasteiger partial charge is 0.417 e. The third kappa shape index (κ3) is 5.78. The fourth-order valence-electron chi connectivity index (χ4n) is 4.04. The van der Waals surface area contributed by atoms with Gasteiger partial charge in [-0.2, -0.15) is 13.2 Å². The minimum Gasteiger partial charge on any atom is -0.399 e. The van der Waals surface area contributed by atoms with Crippen LogP contribution in [0.2, 0.25) is 0 Å². The summed E-state index contributed by atoms with van der Waals surface area (Å²) in [5.41, 5.74) is 14.1. The summed E-state index contributed by atoms with van der Waals surface area (Å²) in [4.78, 5) is 25.1. The van der Waals surface area contributed by atoms with Crippen molar-refractivity contribution in [2.75, 3.05) is 22.1 Å². The zero-order valence-electron chi connectivity index (χ0n) is 20.6. The summed E-state index contributed by atoms with van der Waals surface area (Å²) in [5, 5.41) is 5.26. The predicted molar refractivity (Wildman–Crippen MR) is 144 cm³/mol. The second-order valence-corrected chi connectivity index (χ2v) is 8.89. The van der Waals surface area contributed by atoms with Crippen LogP contribution in [0.5, 0.6) is 0 Å². The maximum atomic E-state index is 14.1. The van der Waals surface area contributed by atoms with E-state index in [2.05, 4.69) is 10.6 Å². The molecular weight excluding hydrogens is 493 g/mol. The van der Waals surface area contributed by atoms with Gasteiger partial charge in [0.15, 0.2) is 0 Å². The molecule has 4 rings (SSSR count). The number of hydrogen-bond donors (Lipinski definition) is 4. The molecule has 38 heavy (non-hydrogen) atoms. The summed E-state index contributed by atoms with van der Waals surface area (Å²) in [5.74, 6) is -0.942. The highest BCUT2D eigenvalue weighted by atomic mass is 19.4. The van der Waals surface area contributed by atoms with Crippen LogP contribution < -0.4 is 22.1 Å². The van der Waals surface area contributed by atoms with Crippen LogP contribution >= 0.6 is 0 Å². The molecule has 0 aliphatic heterocycles. The van der Waals surface area contributed by atoms with Gasteiger partial charge in [-0.15, -0.1) is 0 Å². The van der Waals surface area contributed by atoms with Gasteiger partial charge in [0.25, 0.3) is 11.8 Å². The Morgan fingerprint density at radius 3 is 1.87 bits per heavy atom. The number of carbonyl (C=O) groups is 2. The molecule has 4 aromatic rings. The molecule has 194 valence electrons. The third-order valence-corrected chi connectivity index (χ3v) is 6.04. The van der Waals surface area contributed by atoms with E-state index in [0.717, 1.165) is 6.07 Å². The van der Waals surface area contributed by atoms with Gasteiger partial charge >= 0.3 is 6.18 Å². The highest BCUT2D eigenvalue weighted by Gasteiger charge is 2.34. The molecule has 0 radical (unpaired) electrons. The van der Waals surface area contributed by atoms with Gasteiger partial charge in [-0.05, 0) is 96.8 Å². The maximum absolute atomic E-state index is 14.1. The average molecular weight is 519 g/mol. The first-order valence-electron chi connectivity index (χ1n) is 11.6. The molecule has 0 saturated carbocycles. The summed E-state index contributed by atoms with van der Waals surface area (Å²) in [6.07, 6.45) is -4.68. The molecule has 4 aromatic carbocycles. The molecule has 6 N–H and O–H groups in total. The van der Waals surface area contributed by atoms with E-state index in [9.17, 15) is 22.8 Å². The third-order valence-electron chi connectivity index (χ3n) is 6.04. The molecule has 0 bridgehead atoms. The van der Waals surface area contributed by atoms with Gasteiger partial charge in [0, 0.05) is 33.9 Å². The molecule has 9 heteroatoms. The number of amides is 2. The molecule has 6 nitrogen and oxygen atoms in total. The molecule has 0 atom stereocenters. The zero-order chi connectivity index (χ0) is 27.6. The normalized spacial score (nSPS) is 11.2. The summed E-state index contributed by atoms with van der Waals surface area (Å²) in [6, 6.07) is 19.4. The van der Waals surface area contributed by atoms with Crippen LogP contribution in [0.25, 0.3) is 11.1 Å². The molecule has 0 aliphatic rings. The van der Waals surface area contributed by atoms with Crippen LogP contribution in [-0.4, -0.2) is 11.8 Å². The lowest BCUT2D eigenvalue weighted by atomic mass is 9.94. The molecule has 0 saturated heterocycles. The SMILES string of the molecule is Cc1cc(C(=O)Nc2ccc(-c3ccc(NC(=O)c4cccc(N)c4)cc3C)c(C(F)(F)F)c2)ccc1N. The maximum Gasteiger partial charge on any atom is 0.417 e. The Morgan fingerprint density at radius 2 is 1.29 bits per heavy atom. The Morgan fingerprint density at radius 1 is 0.684 bits per heavy atom. The number of benzene rings is 4. The number of nitrogens with two attached hydrogens (primary N) is 2. The monoisotopic (exact) mass is 518 g/mol. The van der Waals surface area contributed by atoms with E-state index in [1.165, 1.54) is 36.4 Å². The number of alkyl halides is 3. The summed E-state index contributed by atoms with van der Waals surface area (Å²) in [6.45, 7) is 3.39. The fourth-order valence-corrected chi connectivity index (χ4v) is 4.04. The van der Waals surface area contributed by atoms with Crippen LogP contribution in [0.1, 0.15) is 37.4 Å². The van der Waals surface area contributed by atoms with Gasteiger partial charge in [-0.3, -0.25) is 9.59 Å². The number of rotatable bonds is 5. The standard InChI is InChI=1S/C29H25F3N4O2/c1-16-13-21(35-27(37)18-4-3-5-20(33)14-18)7-9-23(16)24-10-8-22(15-25(24)29(30,31)32)36-28(38)19-6-11-26(34)17(2)12-19/h3-15H,33-34H2,1-2H3,(H,35,37)(H,36,38). The van der Waals surface area contributed by atoms with Crippen molar-refractivity contribution in [2.24, 2.45) is 0 Å². The quantitative estimate of drug-likeness (QED) is 0.222. The van der Waals surface area contributed by atoms with Crippen LogP contribution in [0.3, 0.4) is 0 Å². The minimum absolute atomic E-state index is 0.00391. The van der Waals surface area contributed by atoms with Crippen LogP contribution in [0, 0.1) is 13.8 Å². The average Bonchev–Trinajstić information content (AvgIpc) is 2.85. The predicted octanol–water partition coefficient (Wildman–Crippen LogP) is 6.66. The number of nitrogen functional groups attached to an aromatic ring is 2. The van der Waals surface area contributed by atoms with Crippen molar-refractivity contribution >= 4 is 34.6 Å². The van der Waals surface area contributed by atoms with E-state index in [4.69, 9.17) is 11.5 Å². The lowest BCUT2D eigenvalue weighted by molar-refractivity contribution is -0.137. The smallest absolute Gasteiger partial charge is 0.399 e. The highest BCUT2D eigenvalue weighted by molar-refractivity contribution is 6.05. The molecule has 0 aromatic heterocycles. The van der Waals surface area contributed by atoms with Gasteiger partial charge < -0.3 is 22.1 Å². The van der Waals surface area contributed by atoms with E-state index in [0.29, 0.717) is 39.3 Å². The van der Waals surface area contributed by atoms with Gasteiger partial charge in [0.2, 0.25) is 0 Å². The van der Waals surface area contributed by atoms with Crippen molar-refractivity contribution in [1.29, 1.82) is 0 Å². The summed E-state index contributed by atoms with van der Waals surface area (Å²) < 4.78 is 42.2. The number of halogens is 3. The number of carbonyl (C=O) groups excluding carboxylic acids is 2. The molecule has 0 fully saturated rings. The Balaban J connectivity index is 1.61. The first-order valence-corrected chi connectivity index (χ1v) is 11.6. The minimum atomic E-state index is -4.68. The topological polar surface area (TPSA) is 110 Å². The second kappa shape index (κ2) is 10.3. The number of anilines is 4. The van der Waals surface area contributed by atoms with Crippen molar-refractivity contribution in [3.8, 4) is 11.1 Å². The fraction of sp³-hybridized carbons (Fsp3) is 0.103. The van der Waals surface area contributed by atoms with E-state index in [1.807, 2.05) is 0 Å².